The van der Waals surface area contributed by atoms with Gasteiger partial charge in [-0.25, -0.2) is 9.97 Å². The minimum absolute atomic E-state index is 0.616. The maximum absolute atomic E-state index is 5.46. The third-order valence-corrected chi connectivity index (χ3v) is 4.24. The molecular weight excluding hydrogens is 344 g/mol. The second-order valence-electron chi connectivity index (χ2n) is 6.38. The van der Waals surface area contributed by atoms with E-state index in [0.717, 1.165) is 43.4 Å². The Balaban J connectivity index is 1.57. The van der Waals surface area contributed by atoms with E-state index in [2.05, 4.69) is 42.8 Å². The molecule has 3 aromatic rings. The summed E-state index contributed by atoms with van der Waals surface area (Å²) in [5, 5.41) is 10.5. The highest BCUT2D eigenvalue weighted by Crippen LogP contribution is 2.29. The summed E-state index contributed by atoms with van der Waals surface area (Å²) in [7, 11) is 0. The molecule has 1 aromatic carbocycles. The first-order chi connectivity index (χ1) is 13.2. The molecule has 0 atom stereocenters. The van der Waals surface area contributed by atoms with E-state index in [1.54, 1.807) is 0 Å². The van der Waals surface area contributed by atoms with Crippen LogP contribution in [0.15, 0.2) is 40.9 Å². The van der Waals surface area contributed by atoms with Gasteiger partial charge < -0.3 is 24.8 Å². The molecule has 140 valence electrons. The number of nitrogens with one attached hydrogen (secondary N) is 2. The summed E-state index contributed by atoms with van der Waals surface area (Å²) < 4.78 is 10.6. The van der Waals surface area contributed by atoms with Gasteiger partial charge in [-0.2, -0.15) is 0 Å². The number of hydrogen-bond acceptors (Lipinski definition) is 8. The molecular formula is C19H22N6O2. The molecule has 0 saturated carbocycles. The van der Waals surface area contributed by atoms with Crippen LogP contribution >= 0.6 is 0 Å². The third-order valence-electron chi connectivity index (χ3n) is 4.24. The lowest BCUT2D eigenvalue weighted by atomic mass is 10.2. The van der Waals surface area contributed by atoms with E-state index in [0.29, 0.717) is 23.3 Å². The SMILES string of the molecule is Cc1nc(Nc2cc(C)on2)cc(Nc2ccccc2N2CCOCC2)n1. The Bertz CT molecular complexity index is 920. The molecule has 0 radical (unpaired) electrons. The van der Waals surface area contributed by atoms with E-state index >= 15 is 0 Å². The van der Waals surface area contributed by atoms with Crippen molar-refractivity contribution in [1.82, 2.24) is 15.1 Å². The van der Waals surface area contributed by atoms with Crippen molar-refractivity contribution in [2.75, 3.05) is 41.8 Å². The predicted octanol–water partition coefficient (Wildman–Crippen LogP) is 3.41. The zero-order valence-corrected chi connectivity index (χ0v) is 15.4. The van der Waals surface area contributed by atoms with Gasteiger partial charge in [-0.05, 0) is 26.0 Å². The van der Waals surface area contributed by atoms with Crippen molar-refractivity contribution in [1.29, 1.82) is 0 Å². The molecule has 0 bridgehead atoms. The predicted molar refractivity (Wildman–Crippen MR) is 104 cm³/mol. The molecule has 27 heavy (non-hydrogen) atoms. The zero-order valence-electron chi connectivity index (χ0n) is 15.4. The fourth-order valence-electron chi connectivity index (χ4n) is 3.05. The van der Waals surface area contributed by atoms with E-state index in [4.69, 9.17) is 9.26 Å². The van der Waals surface area contributed by atoms with Crippen molar-refractivity contribution in [3.05, 3.63) is 48.0 Å². The highest BCUT2D eigenvalue weighted by atomic mass is 16.5. The van der Waals surface area contributed by atoms with Crippen LogP contribution in [0.1, 0.15) is 11.6 Å². The van der Waals surface area contributed by atoms with Gasteiger partial charge in [0.15, 0.2) is 5.82 Å². The number of nitrogens with zero attached hydrogens (tertiary/aromatic N) is 4. The van der Waals surface area contributed by atoms with Gasteiger partial charge in [0, 0.05) is 25.2 Å². The summed E-state index contributed by atoms with van der Waals surface area (Å²) in [6, 6.07) is 11.9. The minimum Gasteiger partial charge on any atom is -0.378 e. The Morgan fingerprint density at radius 1 is 0.926 bits per heavy atom. The van der Waals surface area contributed by atoms with Gasteiger partial charge in [-0.3, -0.25) is 0 Å². The van der Waals surface area contributed by atoms with E-state index < -0.39 is 0 Å². The zero-order chi connectivity index (χ0) is 18.6. The van der Waals surface area contributed by atoms with Gasteiger partial charge in [-0.15, -0.1) is 0 Å². The van der Waals surface area contributed by atoms with Crippen molar-refractivity contribution < 1.29 is 9.26 Å². The van der Waals surface area contributed by atoms with Crippen LogP contribution in [0.25, 0.3) is 0 Å². The fraction of sp³-hybridized carbons (Fsp3) is 0.316. The summed E-state index contributed by atoms with van der Waals surface area (Å²) in [5.41, 5.74) is 2.14. The van der Waals surface area contributed by atoms with Gasteiger partial charge >= 0.3 is 0 Å². The fourth-order valence-corrected chi connectivity index (χ4v) is 3.05. The first kappa shape index (κ1) is 17.3. The van der Waals surface area contributed by atoms with Crippen molar-refractivity contribution >= 4 is 28.8 Å². The summed E-state index contributed by atoms with van der Waals surface area (Å²) in [6.45, 7) is 6.94. The maximum Gasteiger partial charge on any atom is 0.175 e. The van der Waals surface area contributed by atoms with Crippen LogP contribution in [-0.2, 0) is 4.74 Å². The van der Waals surface area contributed by atoms with Crippen LogP contribution in [0.4, 0.5) is 28.8 Å². The highest BCUT2D eigenvalue weighted by Gasteiger charge is 2.15. The number of aromatic nitrogens is 3. The van der Waals surface area contributed by atoms with Gasteiger partial charge in [0.05, 0.1) is 24.6 Å². The van der Waals surface area contributed by atoms with E-state index in [9.17, 15) is 0 Å². The number of aryl methyl sites for hydroxylation is 2. The second kappa shape index (κ2) is 7.63. The topological polar surface area (TPSA) is 88.3 Å². The summed E-state index contributed by atoms with van der Waals surface area (Å²) >= 11 is 0. The van der Waals surface area contributed by atoms with Gasteiger partial charge in [-0.1, -0.05) is 17.3 Å². The smallest absolute Gasteiger partial charge is 0.175 e. The van der Waals surface area contributed by atoms with E-state index in [1.165, 1.54) is 0 Å². The molecule has 2 N–H and O–H groups in total. The average molecular weight is 366 g/mol. The Hall–Kier alpha value is -3.13. The molecule has 1 fully saturated rings. The quantitative estimate of drug-likeness (QED) is 0.710. The number of hydrogen-bond donors (Lipinski definition) is 2. The summed E-state index contributed by atoms with van der Waals surface area (Å²) in [6.07, 6.45) is 0. The lowest BCUT2D eigenvalue weighted by Gasteiger charge is -2.30. The van der Waals surface area contributed by atoms with Crippen molar-refractivity contribution in [2.45, 2.75) is 13.8 Å². The molecule has 8 nitrogen and oxygen atoms in total. The Kier molecular flexibility index (Phi) is 4.88. The van der Waals surface area contributed by atoms with Crippen LogP contribution in [0.3, 0.4) is 0 Å². The van der Waals surface area contributed by atoms with Crippen molar-refractivity contribution in [2.24, 2.45) is 0 Å². The summed E-state index contributed by atoms with van der Waals surface area (Å²) in [4.78, 5) is 11.3. The summed E-state index contributed by atoms with van der Waals surface area (Å²) in [5.74, 6) is 3.38. The third kappa shape index (κ3) is 4.17. The lowest BCUT2D eigenvalue weighted by Crippen LogP contribution is -2.36. The monoisotopic (exact) mass is 366 g/mol. The minimum atomic E-state index is 0.616. The number of anilines is 5. The number of benzene rings is 1. The normalized spacial score (nSPS) is 14.2. The number of para-hydroxylation sites is 2. The first-order valence-corrected chi connectivity index (χ1v) is 8.92. The van der Waals surface area contributed by atoms with Gasteiger partial charge in [0.1, 0.15) is 23.2 Å². The Morgan fingerprint density at radius 2 is 1.67 bits per heavy atom. The molecule has 0 spiro atoms. The van der Waals surface area contributed by atoms with Gasteiger partial charge in [0.2, 0.25) is 0 Å². The molecule has 2 aromatic heterocycles. The van der Waals surface area contributed by atoms with Crippen LogP contribution in [0.2, 0.25) is 0 Å². The van der Waals surface area contributed by atoms with Crippen molar-refractivity contribution in [3.63, 3.8) is 0 Å². The number of morpholine rings is 1. The molecule has 0 aliphatic carbocycles. The van der Waals surface area contributed by atoms with Crippen LogP contribution in [-0.4, -0.2) is 41.4 Å². The molecule has 8 heteroatoms. The molecule has 4 rings (SSSR count). The molecule has 1 aliphatic heterocycles. The molecule has 0 amide bonds. The Labute approximate surface area is 157 Å². The molecule has 1 aliphatic rings. The second-order valence-corrected chi connectivity index (χ2v) is 6.38. The maximum atomic E-state index is 5.46. The molecule has 1 saturated heterocycles. The molecule has 0 unspecified atom stereocenters. The van der Waals surface area contributed by atoms with Crippen LogP contribution in [0.5, 0.6) is 0 Å². The van der Waals surface area contributed by atoms with Crippen LogP contribution < -0.4 is 15.5 Å². The first-order valence-electron chi connectivity index (χ1n) is 8.92. The van der Waals surface area contributed by atoms with E-state index in [1.807, 2.05) is 38.1 Å². The largest absolute Gasteiger partial charge is 0.378 e. The highest BCUT2D eigenvalue weighted by molar-refractivity contribution is 5.75. The van der Waals surface area contributed by atoms with Gasteiger partial charge in [0.25, 0.3) is 0 Å². The van der Waals surface area contributed by atoms with Crippen LogP contribution in [0, 0.1) is 13.8 Å². The standard InChI is InChI=1S/C19H22N6O2/c1-13-11-19(24-27-13)23-18-12-17(20-14(2)21-18)22-15-5-3-4-6-16(15)25-7-9-26-10-8-25/h3-6,11-12H,7-10H2,1-2H3,(H2,20,21,22,23,24). The van der Waals surface area contributed by atoms with E-state index in [-0.39, 0.29) is 0 Å². The van der Waals surface area contributed by atoms with Crippen molar-refractivity contribution in [3.8, 4) is 0 Å². The average Bonchev–Trinajstić information content (AvgIpc) is 3.07. The lowest BCUT2D eigenvalue weighted by molar-refractivity contribution is 0.123. The number of rotatable bonds is 5. The molecule has 3 heterocycles. The number of ether oxygens (including phenoxy) is 1. The Morgan fingerprint density at radius 3 is 2.41 bits per heavy atom.